The maximum atomic E-state index is 14.8. The van der Waals surface area contributed by atoms with E-state index >= 15 is 0 Å². The van der Waals surface area contributed by atoms with Crippen molar-refractivity contribution in [1.82, 2.24) is 4.57 Å². The van der Waals surface area contributed by atoms with E-state index in [2.05, 4.69) is 0 Å². The lowest BCUT2D eigenvalue weighted by molar-refractivity contribution is 0.100. The quantitative estimate of drug-likeness (QED) is 0.331. The van der Waals surface area contributed by atoms with Crippen LogP contribution >= 0.6 is 11.6 Å². The first-order valence-corrected chi connectivity index (χ1v) is 10.8. The minimum absolute atomic E-state index is 0.0741. The molecule has 0 radical (unpaired) electrons. The first-order valence-electron chi connectivity index (χ1n) is 10.4. The Morgan fingerprint density at radius 2 is 1.70 bits per heavy atom. The van der Waals surface area contributed by atoms with Crippen molar-refractivity contribution in [2.24, 2.45) is 5.73 Å². The fourth-order valence-electron chi connectivity index (χ4n) is 4.32. The van der Waals surface area contributed by atoms with E-state index in [-0.39, 0.29) is 11.6 Å². The number of nitrogens with two attached hydrogens (primary N) is 1. The lowest BCUT2D eigenvalue weighted by Crippen LogP contribution is -2.11. The Bertz CT molecular complexity index is 1520. The van der Waals surface area contributed by atoms with Crippen molar-refractivity contribution in [3.63, 3.8) is 0 Å². The number of amides is 1. The minimum atomic E-state index is -0.507. The zero-order valence-electron chi connectivity index (χ0n) is 17.8. The van der Waals surface area contributed by atoms with Gasteiger partial charge in [0.1, 0.15) is 11.6 Å². The van der Waals surface area contributed by atoms with Crippen molar-refractivity contribution < 1.29 is 13.9 Å². The summed E-state index contributed by atoms with van der Waals surface area (Å²) < 4.78 is 22.0. The summed E-state index contributed by atoms with van der Waals surface area (Å²) in [5, 5.41) is 1.70. The summed E-state index contributed by atoms with van der Waals surface area (Å²) >= 11 is 6.03. The molecule has 0 saturated heterocycles. The van der Waals surface area contributed by atoms with Crippen LogP contribution in [0.1, 0.15) is 15.9 Å². The Balaban J connectivity index is 1.78. The number of aromatic nitrogens is 1. The summed E-state index contributed by atoms with van der Waals surface area (Å²) in [6.07, 6.45) is 0. The van der Waals surface area contributed by atoms with Crippen LogP contribution in [0.4, 0.5) is 4.39 Å². The van der Waals surface area contributed by atoms with Crippen LogP contribution in [0.5, 0.6) is 5.75 Å². The van der Waals surface area contributed by atoms with Gasteiger partial charge < -0.3 is 15.0 Å². The number of hydrogen-bond acceptors (Lipinski definition) is 2. The van der Waals surface area contributed by atoms with E-state index in [9.17, 15) is 9.18 Å². The lowest BCUT2D eigenvalue weighted by Gasteiger charge is -2.11. The van der Waals surface area contributed by atoms with Crippen LogP contribution < -0.4 is 10.5 Å². The molecule has 5 rings (SSSR count). The Labute approximate surface area is 195 Å². The van der Waals surface area contributed by atoms with Gasteiger partial charge in [-0.3, -0.25) is 4.79 Å². The second kappa shape index (κ2) is 8.26. The molecule has 0 saturated carbocycles. The smallest absolute Gasteiger partial charge is 0.249 e. The van der Waals surface area contributed by atoms with E-state index in [4.69, 9.17) is 22.1 Å². The van der Waals surface area contributed by atoms with Crippen molar-refractivity contribution in [1.29, 1.82) is 0 Å². The maximum absolute atomic E-state index is 14.8. The van der Waals surface area contributed by atoms with Gasteiger partial charge in [0.15, 0.2) is 0 Å². The Morgan fingerprint density at radius 1 is 0.970 bits per heavy atom. The van der Waals surface area contributed by atoms with Crippen LogP contribution in [-0.4, -0.2) is 17.6 Å². The number of fused-ring (bicyclic) bond motifs is 3. The highest BCUT2D eigenvalue weighted by molar-refractivity contribution is 6.30. The van der Waals surface area contributed by atoms with Crippen molar-refractivity contribution in [3.05, 3.63) is 101 Å². The number of halogens is 2. The molecule has 5 aromatic rings. The molecule has 4 nitrogen and oxygen atoms in total. The normalized spacial score (nSPS) is 11.2. The number of carbonyl (C=O) groups excluding carboxylic acids is 1. The van der Waals surface area contributed by atoms with Crippen molar-refractivity contribution in [3.8, 4) is 16.9 Å². The van der Waals surface area contributed by atoms with Gasteiger partial charge in [0.05, 0.1) is 29.7 Å². The summed E-state index contributed by atoms with van der Waals surface area (Å²) in [4.78, 5) is 12.2. The number of carbonyl (C=O) groups is 1. The van der Waals surface area contributed by atoms with Gasteiger partial charge in [0.2, 0.25) is 5.91 Å². The van der Waals surface area contributed by atoms with Gasteiger partial charge in [-0.25, -0.2) is 4.39 Å². The monoisotopic (exact) mass is 458 g/mol. The molecular weight excluding hydrogens is 439 g/mol. The van der Waals surface area contributed by atoms with Gasteiger partial charge in [-0.2, -0.15) is 0 Å². The number of nitrogens with zero attached hydrogens (tertiary/aromatic N) is 1. The molecule has 4 aromatic carbocycles. The molecule has 0 aliphatic heterocycles. The van der Waals surface area contributed by atoms with Crippen LogP contribution in [0.3, 0.4) is 0 Å². The van der Waals surface area contributed by atoms with Gasteiger partial charge in [0, 0.05) is 21.9 Å². The molecule has 1 heterocycles. The van der Waals surface area contributed by atoms with E-state index in [1.807, 2.05) is 53.1 Å². The lowest BCUT2D eigenvalue weighted by atomic mass is 10.0. The summed E-state index contributed by atoms with van der Waals surface area (Å²) in [5.41, 5.74) is 10.2. The Hall–Kier alpha value is -3.83. The number of ether oxygens (including phenoxy) is 1. The Morgan fingerprint density at radius 3 is 2.42 bits per heavy atom. The third-order valence-corrected chi connectivity index (χ3v) is 6.23. The molecule has 0 aliphatic carbocycles. The average Bonchev–Trinajstić information content (AvgIpc) is 3.15. The van der Waals surface area contributed by atoms with Gasteiger partial charge in [0.25, 0.3) is 0 Å². The molecule has 0 atom stereocenters. The molecule has 0 aliphatic rings. The number of benzene rings is 4. The summed E-state index contributed by atoms with van der Waals surface area (Å²) in [6.45, 7) is 0.251. The van der Waals surface area contributed by atoms with Gasteiger partial charge in [-0.15, -0.1) is 0 Å². The van der Waals surface area contributed by atoms with Crippen LogP contribution in [-0.2, 0) is 6.54 Å². The zero-order chi connectivity index (χ0) is 23.1. The first-order chi connectivity index (χ1) is 16.0. The second-order valence-electron chi connectivity index (χ2n) is 7.82. The summed E-state index contributed by atoms with van der Waals surface area (Å²) in [6, 6.07) is 24.2. The molecule has 2 N–H and O–H groups in total. The molecule has 0 fully saturated rings. The molecule has 164 valence electrons. The van der Waals surface area contributed by atoms with Crippen LogP contribution in [0, 0.1) is 5.82 Å². The highest BCUT2D eigenvalue weighted by Gasteiger charge is 2.18. The first kappa shape index (κ1) is 21.0. The third-order valence-electron chi connectivity index (χ3n) is 5.94. The molecule has 1 aromatic heterocycles. The van der Waals surface area contributed by atoms with Crippen molar-refractivity contribution in [2.75, 3.05) is 7.11 Å². The summed E-state index contributed by atoms with van der Waals surface area (Å²) in [5.74, 6) is -0.184. The number of methoxy groups -OCH3 is 1. The van der Waals surface area contributed by atoms with Gasteiger partial charge in [-0.05, 0) is 47.5 Å². The van der Waals surface area contributed by atoms with E-state index in [1.165, 1.54) is 6.07 Å². The van der Waals surface area contributed by atoms with Gasteiger partial charge in [-0.1, -0.05) is 54.1 Å². The Kier molecular flexibility index (Phi) is 5.27. The van der Waals surface area contributed by atoms with Crippen LogP contribution in [0.2, 0.25) is 5.02 Å². The molecule has 0 spiro atoms. The van der Waals surface area contributed by atoms with Crippen molar-refractivity contribution >= 4 is 39.3 Å². The fourth-order valence-corrected chi connectivity index (χ4v) is 4.52. The molecule has 1 amide bonds. The molecule has 0 unspecified atom stereocenters. The standard InChI is InChI=1S/C27H20ClFN2O2/c1-33-19-11-8-16(9-12-19)17-10-13-20-24(14-17)31(15-18-4-2-6-22(28)26(18)29)23-7-3-5-21(25(20)23)27(30)32/h2-14H,15H2,1H3,(H2,30,32). The van der Waals surface area contributed by atoms with Crippen LogP contribution in [0.25, 0.3) is 32.9 Å². The maximum Gasteiger partial charge on any atom is 0.249 e. The van der Waals surface area contributed by atoms with Crippen LogP contribution in [0.15, 0.2) is 78.9 Å². The van der Waals surface area contributed by atoms with E-state index in [0.29, 0.717) is 11.1 Å². The average molecular weight is 459 g/mol. The highest BCUT2D eigenvalue weighted by atomic mass is 35.5. The number of rotatable bonds is 5. The number of hydrogen-bond donors (Lipinski definition) is 1. The fraction of sp³-hybridized carbons (Fsp3) is 0.0741. The van der Waals surface area contributed by atoms with Gasteiger partial charge >= 0.3 is 0 Å². The molecule has 0 bridgehead atoms. The van der Waals surface area contributed by atoms with Crippen molar-refractivity contribution in [2.45, 2.75) is 6.54 Å². The predicted molar refractivity (Wildman–Crippen MR) is 130 cm³/mol. The topological polar surface area (TPSA) is 57.2 Å². The zero-order valence-corrected chi connectivity index (χ0v) is 18.6. The summed E-state index contributed by atoms with van der Waals surface area (Å²) in [7, 11) is 1.63. The van der Waals surface area contributed by atoms with E-state index in [1.54, 1.807) is 31.4 Å². The van der Waals surface area contributed by atoms with E-state index < -0.39 is 11.7 Å². The predicted octanol–water partition coefficient (Wildman–Crippen LogP) is 6.41. The number of primary amides is 1. The molecular formula is C27H20ClFN2O2. The molecule has 33 heavy (non-hydrogen) atoms. The highest BCUT2D eigenvalue weighted by Crippen LogP contribution is 2.35. The van der Waals surface area contributed by atoms with E-state index in [0.717, 1.165) is 38.7 Å². The third kappa shape index (κ3) is 3.60. The molecule has 6 heteroatoms. The minimum Gasteiger partial charge on any atom is -0.497 e. The second-order valence-corrected chi connectivity index (χ2v) is 8.23. The largest absolute Gasteiger partial charge is 0.497 e. The SMILES string of the molecule is COc1ccc(-c2ccc3c4c(C(N)=O)cccc4n(Cc4cccc(Cl)c4F)c3c2)cc1.